The van der Waals surface area contributed by atoms with E-state index in [1.54, 1.807) is 16.6 Å². The molecule has 0 saturated carbocycles. The van der Waals surface area contributed by atoms with E-state index in [2.05, 4.69) is 30.5 Å². The molecule has 9 heteroatoms. The van der Waals surface area contributed by atoms with Gasteiger partial charge in [0.15, 0.2) is 11.5 Å². The Morgan fingerprint density at radius 2 is 1.93 bits per heavy atom. The molecule has 0 radical (unpaired) electrons. The minimum Gasteiger partial charge on any atom is -0.355 e. The summed E-state index contributed by atoms with van der Waals surface area (Å²) in [5, 5.41) is 16.4. The zero-order valence-corrected chi connectivity index (χ0v) is 15.6. The van der Waals surface area contributed by atoms with Crippen molar-refractivity contribution < 1.29 is 4.79 Å². The highest BCUT2D eigenvalue weighted by atomic mass is 16.2. The largest absolute Gasteiger partial charge is 0.355 e. The lowest BCUT2D eigenvalue weighted by molar-refractivity contribution is 0.0951. The molecule has 1 aromatic carbocycles. The Bertz CT molecular complexity index is 1270. The van der Waals surface area contributed by atoms with Gasteiger partial charge in [0, 0.05) is 30.1 Å². The maximum Gasteiger partial charge on any atom is 0.252 e. The highest BCUT2D eigenvalue weighted by molar-refractivity contribution is 6.05. The second-order valence-corrected chi connectivity index (χ2v) is 7.05. The number of nitrogens with zero attached hydrogens (tertiary/aromatic N) is 5. The zero-order valence-electron chi connectivity index (χ0n) is 15.6. The molecule has 0 spiro atoms. The van der Waals surface area contributed by atoms with Gasteiger partial charge < -0.3 is 15.2 Å². The number of nitrogens with one attached hydrogen (secondary N) is 2. The number of benzene rings is 1. The van der Waals surface area contributed by atoms with E-state index in [0.29, 0.717) is 27.9 Å². The van der Waals surface area contributed by atoms with Gasteiger partial charge in [-0.15, -0.1) is 15.3 Å². The molecule has 4 heterocycles. The molecule has 9 nitrogen and oxygen atoms in total. The molecule has 1 aliphatic heterocycles. The molecular weight excluding hydrogens is 370 g/mol. The quantitative estimate of drug-likeness (QED) is 0.548. The van der Waals surface area contributed by atoms with Crippen LogP contribution in [0.15, 0.2) is 47.3 Å². The second kappa shape index (κ2) is 7.01. The average molecular weight is 389 g/mol. The molecule has 2 N–H and O–H groups in total. The number of carbonyl (C=O) groups is 1. The summed E-state index contributed by atoms with van der Waals surface area (Å²) in [5.74, 6) is 1.06. The molecule has 1 fully saturated rings. The summed E-state index contributed by atoms with van der Waals surface area (Å²) < 4.78 is 1.66. The summed E-state index contributed by atoms with van der Waals surface area (Å²) in [6.07, 6.45) is 2.32. The summed E-state index contributed by atoms with van der Waals surface area (Å²) in [7, 11) is 0. The smallest absolute Gasteiger partial charge is 0.252 e. The fraction of sp³-hybridized carbons (Fsp3) is 0.250. The van der Waals surface area contributed by atoms with Crippen molar-refractivity contribution in [2.24, 2.45) is 0 Å². The normalized spacial score (nSPS) is 14.0. The van der Waals surface area contributed by atoms with Gasteiger partial charge in [0.05, 0.1) is 12.1 Å². The van der Waals surface area contributed by atoms with Gasteiger partial charge in [-0.1, -0.05) is 18.2 Å². The number of aromatic nitrogens is 5. The van der Waals surface area contributed by atoms with Gasteiger partial charge in [0.2, 0.25) is 5.56 Å². The van der Waals surface area contributed by atoms with Gasteiger partial charge in [-0.3, -0.25) is 9.59 Å². The number of para-hydroxylation sites is 1. The van der Waals surface area contributed by atoms with E-state index in [4.69, 9.17) is 0 Å². The van der Waals surface area contributed by atoms with Crippen LogP contribution in [0.3, 0.4) is 0 Å². The Balaban J connectivity index is 1.41. The summed E-state index contributed by atoms with van der Waals surface area (Å²) in [6, 6.07) is 12.3. The Labute approximate surface area is 165 Å². The third-order valence-electron chi connectivity index (χ3n) is 5.15. The highest BCUT2D eigenvalue weighted by Crippen LogP contribution is 2.18. The monoisotopic (exact) mass is 389 g/mol. The molecule has 4 aromatic rings. The number of rotatable bonds is 4. The minimum absolute atomic E-state index is 0.150. The molecule has 1 saturated heterocycles. The van der Waals surface area contributed by atoms with Crippen LogP contribution >= 0.6 is 0 Å². The van der Waals surface area contributed by atoms with Gasteiger partial charge in [0.25, 0.3) is 5.91 Å². The summed E-state index contributed by atoms with van der Waals surface area (Å²) >= 11 is 0. The van der Waals surface area contributed by atoms with E-state index in [-0.39, 0.29) is 18.0 Å². The number of hydrogen-bond donors (Lipinski definition) is 2. The van der Waals surface area contributed by atoms with Crippen LogP contribution in [0.25, 0.3) is 16.6 Å². The van der Waals surface area contributed by atoms with Crippen molar-refractivity contribution in [3.8, 4) is 0 Å². The first-order valence-electron chi connectivity index (χ1n) is 9.55. The Morgan fingerprint density at radius 1 is 1.10 bits per heavy atom. The summed E-state index contributed by atoms with van der Waals surface area (Å²) in [4.78, 5) is 29.6. The molecule has 0 aliphatic carbocycles. The van der Waals surface area contributed by atoms with Crippen LogP contribution in [0, 0.1) is 0 Å². The highest BCUT2D eigenvalue weighted by Gasteiger charge is 2.17. The molecule has 0 bridgehead atoms. The topological polar surface area (TPSA) is 108 Å². The van der Waals surface area contributed by atoms with Crippen molar-refractivity contribution >= 4 is 28.3 Å². The van der Waals surface area contributed by atoms with Crippen molar-refractivity contribution in [1.29, 1.82) is 0 Å². The van der Waals surface area contributed by atoms with Crippen LogP contribution in [0.1, 0.15) is 29.0 Å². The Hall–Kier alpha value is -3.75. The van der Waals surface area contributed by atoms with Crippen LogP contribution < -0.4 is 15.8 Å². The predicted molar refractivity (Wildman–Crippen MR) is 108 cm³/mol. The molecule has 29 heavy (non-hydrogen) atoms. The fourth-order valence-electron chi connectivity index (χ4n) is 3.70. The van der Waals surface area contributed by atoms with E-state index in [1.165, 1.54) is 6.07 Å². The molecule has 0 atom stereocenters. The molecular formula is C20H19N7O2. The standard InChI is InChI=1S/C20H19N7O2/c28-19-11-14(13-5-1-2-6-15(13)22-19)20(29)21-12-18-24-23-16-7-8-17(25-27(16)18)26-9-3-4-10-26/h1-2,5-8,11H,3-4,9-10,12H2,(H,21,29)(H,22,28). The van der Waals surface area contributed by atoms with Crippen molar-refractivity contribution in [1.82, 2.24) is 30.1 Å². The number of aromatic amines is 1. The fourth-order valence-corrected chi connectivity index (χ4v) is 3.70. The van der Waals surface area contributed by atoms with E-state index in [9.17, 15) is 9.59 Å². The third kappa shape index (κ3) is 3.20. The SMILES string of the molecule is O=C(NCc1nnc2ccc(N3CCCC3)nn12)c1cc(=O)[nH]c2ccccc12. The Kier molecular flexibility index (Phi) is 4.19. The van der Waals surface area contributed by atoms with Gasteiger partial charge in [-0.2, -0.15) is 4.52 Å². The molecule has 5 rings (SSSR count). The maximum atomic E-state index is 12.8. The van der Waals surface area contributed by atoms with Crippen LogP contribution in [0.2, 0.25) is 0 Å². The predicted octanol–water partition coefficient (Wildman–Crippen LogP) is 1.50. The van der Waals surface area contributed by atoms with Crippen LogP contribution in [-0.2, 0) is 6.54 Å². The summed E-state index contributed by atoms with van der Waals surface area (Å²) in [5.41, 5.74) is 1.25. The van der Waals surface area contributed by atoms with Crippen LogP contribution in [-0.4, -0.2) is 43.8 Å². The molecule has 0 unspecified atom stereocenters. The molecule has 1 aliphatic rings. The van der Waals surface area contributed by atoms with Crippen molar-refractivity contribution in [2.45, 2.75) is 19.4 Å². The maximum absolute atomic E-state index is 12.8. The Morgan fingerprint density at radius 3 is 2.79 bits per heavy atom. The lowest BCUT2D eigenvalue weighted by Gasteiger charge is -2.15. The number of pyridine rings is 1. The first-order chi connectivity index (χ1) is 14.2. The second-order valence-electron chi connectivity index (χ2n) is 7.05. The van der Waals surface area contributed by atoms with Gasteiger partial charge in [-0.05, 0) is 31.0 Å². The van der Waals surface area contributed by atoms with Gasteiger partial charge >= 0.3 is 0 Å². The average Bonchev–Trinajstić information content (AvgIpc) is 3.41. The molecule has 146 valence electrons. The number of amides is 1. The van der Waals surface area contributed by atoms with E-state index in [0.717, 1.165) is 31.7 Å². The number of H-pyrrole nitrogens is 1. The number of fused-ring (bicyclic) bond motifs is 2. The molecule has 1 amide bonds. The van der Waals surface area contributed by atoms with Gasteiger partial charge in [0.1, 0.15) is 5.82 Å². The first kappa shape index (κ1) is 17.4. The van der Waals surface area contributed by atoms with Crippen LogP contribution in [0.5, 0.6) is 0 Å². The van der Waals surface area contributed by atoms with Gasteiger partial charge in [-0.25, -0.2) is 0 Å². The number of anilines is 1. The summed E-state index contributed by atoms with van der Waals surface area (Å²) in [6.45, 7) is 2.13. The number of carbonyl (C=O) groups excluding carboxylic acids is 1. The zero-order chi connectivity index (χ0) is 19.8. The molecule has 3 aromatic heterocycles. The van der Waals surface area contributed by atoms with E-state index < -0.39 is 0 Å². The number of hydrogen-bond acceptors (Lipinski definition) is 6. The first-order valence-corrected chi connectivity index (χ1v) is 9.55. The van der Waals surface area contributed by atoms with Crippen LogP contribution in [0.4, 0.5) is 5.82 Å². The van der Waals surface area contributed by atoms with Crippen molar-refractivity contribution in [3.63, 3.8) is 0 Å². The lowest BCUT2D eigenvalue weighted by atomic mass is 10.1. The third-order valence-corrected chi connectivity index (χ3v) is 5.15. The lowest BCUT2D eigenvalue weighted by Crippen LogP contribution is -2.26. The van der Waals surface area contributed by atoms with E-state index in [1.807, 2.05) is 24.3 Å². The van der Waals surface area contributed by atoms with Crippen molar-refractivity contribution in [2.75, 3.05) is 18.0 Å². The minimum atomic E-state index is -0.347. The van der Waals surface area contributed by atoms with E-state index >= 15 is 0 Å². The van der Waals surface area contributed by atoms with Crippen molar-refractivity contribution in [3.05, 3.63) is 64.2 Å².